The SMILES string of the molecule is CCOc1cc(Cl)c(CS(=O)(=O)C2=NOC(C)(C)C2)cc1Cl.CCc1ccc(-c2ccc(Cl)cc2F)cc1C1C(=O)C(C)(C)OC(C)(C)C1=O. The summed E-state index contributed by atoms with van der Waals surface area (Å²) in [7, 11) is -3.61. The summed E-state index contributed by atoms with van der Waals surface area (Å²) in [5, 5.41) is 4.63. The molecule has 2 aliphatic heterocycles. The number of ketones is 2. The average Bonchev–Trinajstić information content (AvgIpc) is 3.39. The molecule has 1 saturated heterocycles. The second kappa shape index (κ2) is 14.9. The molecular formula is C37H41Cl3FNO7S. The number of rotatable bonds is 7. The predicted octanol–water partition coefficient (Wildman–Crippen LogP) is 9.34. The highest BCUT2D eigenvalue weighted by Crippen LogP contribution is 2.41. The first-order chi connectivity index (χ1) is 23.1. The van der Waals surface area contributed by atoms with E-state index in [1.165, 1.54) is 18.2 Å². The van der Waals surface area contributed by atoms with E-state index in [4.69, 9.17) is 49.1 Å². The van der Waals surface area contributed by atoms with E-state index in [0.29, 0.717) is 51.1 Å². The summed E-state index contributed by atoms with van der Waals surface area (Å²) >= 11 is 18.1. The molecule has 5 rings (SSSR count). The van der Waals surface area contributed by atoms with Crippen LogP contribution in [0.5, 0.6) is 5.75 Å². The van der Waals surface area contributed by atoms with Crippen LogP contribution >= 0.6 is 34.8 Å². The van der Waals surface area contributed by atoms with E-state index in [2.05, 4.69) is 5.16 Å². The van der Waals surface area contributed by atoms with Gasteiger partial charge in [-0.3, -0.25) is 9.59 Å². The summed E-state index contributed by atoms with van der Waals surface area (Å²) in [5.41, 5.74) is 0.101. The van der Waals surface area contributed by atoms with Crippen molar-refractivity contribution in [3.05, 3.63) is 86.1 Å². The van der Waals surface area contributed by atoms with E-state index in [1.54, 1.807) is 65.8 Å². The quantitative estimate of drug-likeness (QED) is 0.221. The molecule has 1 fully saturated rings. The van der Waals surface area contributed by atoms with Crippen molar-refractivity contribution in [2.75, 3.05) is 6.61 Å². The number of sulfone groups is 1. The number of nitrogens with zero attached hydrogens (tertiary/aromatic N) is 1. The zero-order valence-corrected chi connectivity index (χ0v) is 32.3. The van der Waals surface area contributed by atoms with Crippen molar-refractivity contribution in [2.45, 2.75) is 96.7 Å². The van der Waals surface area contributed by atoms with Crippen LogP contribution in [0.4, 0.5) is 4.39 Å². The third kappa shape index (κ3) is 8.70. The van der Waals surface area contributed by atoms with Gasteiger partial charge >= 0.3 is 0 Å². The highest BCUT2D eigenvalue weighted by Gasteiger charge is 2.53. The summed E-state index contributed by atoms with van der Waals surface area (Å²) < 4.78 is 50.4. The fourth-order valence-electron chi connectivity index (χ4n) is 5.92. The number of halogens is 4. The number of ether oxygens (including phenoxy) is 2. The second-order valence-electron chi connectivity index (χ2n) is 13.8. The van der Waals surface area contributed by atoms with Gasteiger partial charge in [0.1, 0.15) is 34.3 Å². The van der Waals surface area contributed by atoms with Crippen molar-refractivity contribution in [2.24, 2.45) is 5.16 Å². The van der Waals surface area contributed by atoms with Gasteiger partial charge in [-0.25, -0.2) is 12.8 Å². The molecule has 0 aromatic heterocycles. The first-order valence-corrected chi connectivity index (χ1v) is 18.9. The Kier molecular flexibility index (Phi) is 11.9. The van der Waals surface area contributed by atoms with Crippen LogP contribution in [-0.4, -0.2) is 48.4 Å². The van der Waals surface area contributed by atoms with Gasteiger partial charge in [-0.1, -0.05) is 59.0 Å². The largest absolute Gasteiger partial charge is 0.492 e. The summed E-state index contributed by atoms with van der Waals surface area (Å²) in [6.07, 6.45) is 0.884. The van der Waals surface area contributed by atoms with E-state index in [-0.39, 0.29) is 33.8 Å². The average molecular weight is 769 g/mol. The fraction of sp³-hybridized carbons (Fsp3) is 0.432. The van der Waals surface area contributed by atoms with Crippen molar-refractivity contribution >= 4 is 61.3 Å². The van der Waals surface area contributed by atoms with E-state index < -0.39 is 38.4 Å². The van der Waals surface area contributed by atoms with Crippen LogP contribution < -0.4 is 4.74 Å². The standard InChI is InChI=1S/C23H24ClFO3.C14H17Cl2NO4S/c1-6-13-7-8-14(16-10-9-15(24)12-18(16)25)11-17(13)19-20(26)22(2,3)28-23(4,5)21(19)27;1-4-20-12-6-10(15)9(5-11(12)16)8-22(18,19)13-7-14(2,3)21-17-13/h7-12,19H,6H2,1-5H3;5-6H,4,7-8H2,1-3H3. The van der Waals surface area contributed by atoms with Crippen molar-refractivity contribution in [3.63, 3.8) is 0 Å². The molecule has 270 valence electrons. The van der Waals surface area contributed by atoms with Gasteiger partial charge in [0.25, 0.3) is 0 Å². The third-order valence-corrected chi connectivity index (χ3v) is 10.9. The van der Waals surface area contributed by atoms with Crippen LogP contribution in [-0.2, 0) is 41.2 Å². The Labute approximate surface area is 308 Å². The van der Waals surface area contributed by atoms with E-state index in [0.717, 1.165) is 5.56 Å². The maximum atomic E-state index is 14.5. The molecule has 0 atom stereocenters. The summed E-state index contributed by atoms with van der Waals surface area (Å²) in [4.78, 5) is 31.4. The number of carbonyl (C=O) groups excluding carboxylic acids is 2. The van der Waals surface area contributed by atoms with Crippen molar-refractivity contribution in [3.8, 4) is 16.9 Å². The Morgan fingerprint density at radius 1 is 0.880 bits per heavy atom. The molecule has 50 heavy (non-hydrogen) atoms. The normalized spacial score (nSPS) is 18.2. The van der Waals surface area contributed by atoms with Gasteiger partial charge in [-0.15, -0.1) is 0 Å². The number of carbonyl (C=O) groups is 2. The molecule has 0 unspecified atom stereocenters. The lowest BCUT2D eigenvalue weighted by molar-refractivity contribution is -0.184. The molecule has 2 aliphatic rings. The zero-order valence-electron chi connectivity index (χ0n) is 29.2. The molecule has 0 saturated carbocycles. The molecule has 0 aliphatic carbocycles. The molecule has 2 heterocycles. The highest BCUT2D eigenvalue weighted by molar-refractivity contribution is 8.05. The van der Waals surface area contributed by atoms with Crippen LogP contribution in [0.3, 0.4) is 0 Å². The minimum atomic E-state index is -3.61. The van der Waals surface area contributed by atoms with E-state index in [1.807, 2.05) is 19.9 Å². The molecular weight excluding hydrogens is 728 g/mol. The molecule has 0 radical (unpaired) electrons. The summed E-state index contributed by atoms with van der Waals surface area (Å²) in [6.45, 7) is 14.5. The monoisotopic (exact) mass is 767 g/mol. The Balaban J connectivity index is 0.000000232. The molecule has 0 amide bonds. The van der Waals surface area contributed by atoms with Gasteiger partial charge in [-0.05, 0) is 107 Å². The maximum Gasteiger partial charge on any atom is 0.199 e. The Morgan fingerprint density at radius 2 is 1.52 bits per heavy atom. The fourth-order valence-corrected chi connectivity index (χ4v) is 8.15. The summed E-state index contributed by atoms with van der Waals surface area (Å²) in [5.74, 6) is -1.80. The molecule has 8 nitrogen and oxygen atoms in total. The molecule has 0 spiro atoms. The smallest absolute Gasteiger partial charge is 0.199 e. The Bertz CT molecular complexity index is 1930. The lowest BCUT2D eigenvalue weighted by atomic mass is 9.73. The number of benzene rings is 3. The minimum Gasteiger partial charge on any atom is -0.492 e. The van der Waals surface area contributed by atoms with Crippen molar-refractivity contribution < 1.29 is 36.7 Å². The van der Waals surface area contributed by atoms with Crippen LogP contribution in [0.1, 0.15) is 84.4 Å². The second-order valence-corrected chi connectivity index (χ2v) is 17.0. The predicted molar refractivity (Wildman–Crippen MR) is 196 cm³/mol. The molecule has 3 aromatic carbocycles. The number of hydrogen-bond acceptors (Lipinski definition) is 8. The van der Waals surface area contributed by atoms with Crippen molar-refractivity contribution in [1.82, 2.24) is 0 Å². The van der Waals surface area contributed by atoms with Crippen LogP contribution in [0.25, 0.3) is 11.1 Å². The van der Waals surface area contributed by atoms with Gasteiger partial charge in [0.15, 0.2) is 26.4 Å². The molecule has 0 N–H and O–H groups in total. The van der Waals surface area contributed by atoms with Gasteiger partial charge in [-0.2, -0.15) is 0 Å². The number of hydrogen-bond donors (Lipinski definition) is 0. The zero-order chi connectivity index (χ0) is 37.4. The Morgan fingerprint density at radius 3 is 2.06 bits per heavy atom. The van der Waals surface area contributed by atoms with Crippen molar-refractivity contribution in [1.29, 1.82) is 0 Å². The Hall–Kier alpha value is -3.02. The summed E-state index contributed by atoms with van der Waals surface area (Å²) in [6, 6.07) is 12.9. The van der Waals surface area contributed by atoms with Gasteiger partial charge in [0, 0.05) is 28.1 Å². The van der Waals surface area contributed by atoms with Gasteiger partial charge in [0.05, 0.1) is 17.4 Å². The van der Waals surface area contributed by atoms with Crippen LogP contribution in [0.2, 0.25) is 15.1 Å². The van der Waals surface area contributed by atoms with Gasteiger partial charge in [0.2, 0.25) is 0 Å². The topological polar surface area (TPSA) is 108 Å². The van der Waals surface area contributed by atoms with Crippen LogP contribution in [0, 0.1) is 5.82 Å². The maximum absolute atomic E-state index is 14.5. The molecule has 0 bridgehead atoms. The lowest BCUT2D eigenvalue weighted by Crippen LogP contribution is -2.58. The number of oxime groups is 1. The van der Waals surface area contributed by atoms with E-state index >= 15 is 0 Å². The first kappa shape index (κ1) is 39.8. The van der Waals surface area contributed by atoms with Crippen LogP contribution in [0.15, 0.2) is 53.7 Å². The number of aryl methyl sites for hydroxylation is 1. The number of Topliss-reactive ketones (excluding diaryl/α,β-unsaturated/α-hetero) is 2. The van der Waals surface area contributed by atoms with Gasteiger partial charge < -0.3 is 14.3 Å². The van der Waals surface area contributed by atoms with E-state index in [9.17, 15) is 22.4 Å². The third-order valence-electron chi connectivity index (χ3n) is 8.38. The highest BCUT2D eigenvalue weighted by atomic mass is 35.5. The lowest BCUT2D eigenvalue weighted by Gasteiger charge is -2.43. The minimum absolute atomic E-state index is 0.0265. The first-order valence-electron chi connectivity index (χ1n) is 16.1. The molecule has 13 heteroatoms. The molecule has 3 aromatic rings.